The Balaban J connectivity index is 0.00000141. The molecule has 1 fully saturated rings. The Morgan fingerprint density at radius 1 is 1.22 bits per heavy atom. The van der Waals surface area contributed by atoms with Gasteiger partial charge in [0.2, 0.25) is 0 Å². The average molecular weight is 434 g/mol. The second kappa shape index (κ2) is 9.71. The van der Waals surface area contributed by atoms with Crippen molar-refractivity contribution in [2.24, 2.45) is 0 Å². The molecule has 1 aromatic carbocycles. The van der Waals surface area contributed by atoms with E-state index in [1.54, 1.807) is 13.8 Å². The quantitative estimate of drug-likeness (QED) is 0.639. The Hall–Kier alpha value is -3.57. The molecule has 2 N–H and O–H groups in total. The summed E-state index contributed by atoms with van der Waals surface area (Å²) in [5, 5.41) is 28.3. The van der Waals surface area contributed by atoms with Gasteiger partial charge < -0.3 is 15.2 Å². The topological polar surface area (TPSA) is 121 Å². The summed E-state index contributed by atoms with van der Waals surface area (Å²) in [5.74, 6) is -0.385. The van der Waals surface area contributed by atoms with Gasteiger partial charge in [-0.15, -0.1) is 0 Å². The smallest absolute Gasteiger partial charge is 0.257 e. The van der Waals surface area contributed by atoms with Crippen molar-refractivity contribution in [3.8, 4) is 6.07 Å². The number of hydrogen-bond donors (Lipinski definition) is 2. The maximum Gasteiger partial charge on any atom is 0.257 e. The molecule has 32 heavy (non-hydrogen) atoms. The Kier molecular flexibility index (Phi) is 7.01. The van der Waals surface area contributed by atoms with Gasteiger partial charge in [-0.1, -0.05) is 19.3 Å². The van der Waals surface area contributed by atoms with E-state index in [-0.39, 0.29) is 11.5 Å². The Morgan fingerprint density at radius 3 is 2.59 bits per heavy atom. The van der Waals surface area contributed by atoms with Crippen molar-refractivity contribution in [3.05, 3.63) is 53.5 Å². The first-order valence-electron chi connectivity index (χ1n) is 10.6. The van der Waals surface area contributed by atoms with Crippen molar-refractivity contribution in [1.29, 1.82) is 5.26 Å². The molecule has 1 aliphatic carbocycles. The van der Waals surface area contributed by atoms with Crippen LogP contribution in [0.3, 0.4) is 0 Å². The van der Waals surface area contributed by atoms with Gasteiger partial charge in [0.05, 0.1) is 28.3 Å². The summed E-state index contributed by atoms with van der Waals surface area (Å²) in [7, 11) is 0. The fourth-order valence-corrected chi connectivity index (χ4v) is 4.05. The molecule has 0 saturated heterocycles. The normalized spacial score (nSPS) is 14.3. The van der Waals surface area contributed by atoms with E-state index in [0.29, 0.717) is 22.9 Å². The number of benzene rings is 1. The van der Waals surface area contributed by atoms with Crippen molar-refractivity contribution in [3.63, 3.8) is 0 Å². The zero-order valence-electron chi connectivity index (χ0n) is 18.3. The van der Waals surface area contributed by atoms with Crippen LogP contribution in [-0.2, 0) is 10.4 Å². The molecule has 1 saturated carbocycles. The number of rotatable bonds is 4. The van der Waals surface area contributed by atoms with Crippen LogP contribution in [-0.4, -0.2) is 32.6 Å². The minimum atomic E-state index is -1.17. The molecule has 3 aromatic rings. The number of carbonyl (C=O) groups is 2. The van der Waals surface area contributed by atoms with Gasteiger partial charge in [0.15, 0.2) is 0 Å². The van der Waals surface area contributed by atoms with E-state index in [2.05, 4.69) is 10.3 Å². The monoisotopic (exact) mass is 433 g/mol. The highest BCUT2D eigenvalue weighted by atomic mass is 16.3. The van der Waals surface area contributed by atoms with Gasteiger partial charge in [-0.2, -0.15) is 10.4 Å². The summed E-state index contributed by atoms with van der Waals surface area (Å²) >= 11 is 0. The summed E-state index contributed by atoms with van der Waals surface area (Å²) < 4.78 is 2.03. The third-order valence-corrected chi connectivity index (χ3v) is 5.65. The van der Waals surface area contributed by atoms with Crippen LogP contribution in [0.25, 0.3) is 10.9 Å². The number of amides is 1. The fraction of sp³-hybridized carbons (Fsp3) is 0.375. The van der Waals surface area contributed by atoms with E-state index in [0.717, 1.165) is 23.7 Å². The van der Waals surface area contributed by atoms with Gasteiger partial charge in [-0.25, -0.2) is 0 Å². The van der Waals surface area contributed by atoms with Gasteiger partial charge in [0.1, 0.15) is 12.9 Å². The molecule has 0 spiro atoms. The lowest BCUT2D eigenvalue weighted by atomic mass is 9.95. The largest absolute Gasteiger partial charge is 0.386 e. The number of hydrogen-bond acceptors (Lipinski definition) is 6. The predicted molar refractivity (Wildman–Crippen MR) is 121 cm³/mol. The van der Waals surface area contributed by atoms with E-state index in [1.807, 2.05) is 35.9 Å². The van der Waals surface area contributed by atoms with E-state index in [9.17, 15) is 9.90 Å². The second-order valence-corrected chi connectivity index (χ2v) is 8.44. The SMILES string of the molecule is C=O.CC(C)(O)c1cc2nn(C3CCCCC3)cc2cc1NC(=O)c1cncc(C#N)c1. The molecule has 166 valence electrons. The number of nitrogens with one attached hydrogen (secondary N) is 1. The molecule has 1 amide bonds. The Labute approximate surface area is 186 Å². The van der Waals surface area contributed by atoms with Crippen LogP contribution >= 0.6 is 0 Å². The van der Waals surface area contributed by atoms with E-state index >= 15 is 0 Å². The number of anilines is 1. The zero-order chi connectivity index (χ0) is 23.3. The van der Waals surface area contributed by atoms with Crippen molar-refractivity contribution in [2.75, 3.05) is 5.32 Å². The third kappa shape index (κ3) is 5.01. The molecule has 8 heteroatoms. The van der Waals surface area contributed by atoms with Gasteiger partial charge in [0, 0.05) is 35.2 Å². The van der Waals surface area contributed by atoms with E-state index in [1.165, 1.54) is 37.7 Å². The molecule has 0 unspecified atom stereocenters. The van der Waals surface area contributed by atoms with E-state index in [4.69, 9.17) is 15.2 Å². The van der Waals surface area contributed by atoms with Gasteiger partial charge in [-0.05, 0) is 44.9 Å². The first-order chi connectivity index (χ1) is 15.3. The van der Waals surface area contributed by atoms with E-state index < -0.39 is 5.60 Å². The van der Waals surface area contributed by atoms with Crippen molar-refractivity contribution in [1.82, 2.24) is 14.8 Å². The lowest BCUT2D eigenvalue weighted by Crippen LogP contribution is -2.21. The predicted octanol–water partition coefficient (Wildman–Crippen LogP) is 4.10. The molecule has 2 aromatic heterocycles. The maximum absolute atomic E-state index is 12.8. The molecular weight excluding hydrogens is 406 g/mol. The van der Waals surface area contributed by atoms with Gasteiger partial charge >= 0.3 is 0 Å². The lowest BCUT2D eigenvalue weighted by molar-refractivity contribution is -0.0980. The standard InChI is InChI=1S/C23H25N5O2.CH2O/c1-23(2,30)19-10-20-17(14-28(27-20)18-6-4-3-5-7-18)9-21(19)26-22(29)16-8-15(11-24)12-25-13-16;1-2/h8-10,12-14,18,30H,3-7H2,1-2H3,(H,26,29);1H2. The number of nitriles is 1. The maximum atomic E-state index is 12.8. The molecule has 0 radical (unpaired) electrons. The van der Waals surface area contributed by atoms with Gasteiger partial charge in [0.25, 0.3) is 5.91 Å². The highest BCUT2D eigenvalue weighted by molar-refractivity contribution is 6.05. The van der Waals surface area contributed by atoms with Crippen LogP contribution in [0.1, 0.15) is 73.5 Å². The van der Waals surface area contributed by atoms with Crippen LogP contribution in [0, 0.1) is 11.3 Å². The molecule has 4 rings (SSSR count). The number of carbonyl (C=O) groups excluding carboxylic acids is 2. The number of pyridine rings is 1. The minimum Gasteiger partial charge on any atom is -0.386 e. The Morgan fingerprint density at radius 2 is 1.94 bits per heavy atom. The highest BCUT2D eigenvalue weighted by Gasteiger charge is 2.24. The first-order valence-corrected chi connectivity index (χ1v) is 10.6. The summed E-state index contributed by atoms with van der Waals surface area (Å²) in [6.45, 7) is 5.36. The van der Waals surface area contributed by atoms with Crippen LogP contribution < -0.4 is 5.32 Å². The zero-order valence-corrected chi connectivity index (χ0v) is 18.3. The molecule has 0 aliphatic heterocycles. The molecule has 2 heterocycles. The van der Waals surface area contributed by atoms with Crippen molar-refractivity contribution >= 4 is 29.3 Å². The molecule has 1 aliphatic rings. The van der Waals surface area contributed by atoms with Gasteiger partial charge in [-0.3, -0.25) is 14.5 Å². The Bertz CT molecular complexity index is 1150. The summed E-state index contributed by atoms with van der Waals surface area (Å²) in [6.07, 6.45) is 10.8. The van der Waals surface area contributed by atoms with Crippen LogP contribution in [0.5, 0.6) is 0 Å². The number of nitrogens with zero attached hydrogens (tertiary/aromatic N) is 4. The number of aromatic nitrogens is 3. The van der Waals surface area contributed by atoms with Crippen molar-refractivity contribution in [2.45, 2.75) is 57.6 Å². The number of aliphatic hydroxyl groups is 1. The first kappa shape index (κ1) is 23.1. The molecule has 8 nitrogen and oxygen atoms in total. The molecule has 0 atom stereocenters. The minimum absolute atomic E-state index is 0.286. The lowest BCUT2D eigenvalue weighted by Gasteiger charge is -2.22. The fourth-order valence-electron chi connectivity index (χ4n) is 4.05. The molecule has 0 bridgehead atoms. The third-order valence-electron chi connectivity index (χ3n) is 5.65. The summed E-state index contributed by atoms with van der Waals surface area (Å²) in [6, 6.07) is 7.57. The average Bonchev–Trinajstić information content (AvgIpc) is 3.23. The molecular formula is C24H27N5O3. The second-order valence-electron chi connectivity index (χ2n) is 8.44. The van der Waals surface area contributed by atoms with Crippen LogP contribution in [0.15, 0.2) is 36.8 Å². The number of fused-ring (bicyclic) bond motifs is 1. The highest BCUT2D eigenvalue weighted by Crippen LogP contribution is 2.34. The van der Waals surface area contributed by atoms with Crippen molar-refractivity contribution < 1.29 is 14.7 Å². The van der Waals surface area contributed by atoms with Crippen LogP contribution in [0.4, 0.5) is 5.69 Å². The van der Waals surface area contributed by atoms with Crippen LogP contribution in [0.2, 0.25) is 0 Å². The summed E-state index contributed by atoms with van der Waals surface area (Å²) in [4.78, 5) is 24.7. The summed E-state index contributed by atoms with van der Waals surface area (Å²) in [5.41, 5.74) is 1.33.